The Morgan fingerprint density at radius 1 is 1.11 bits per heavy atom. The predicted octanol–water partition coefficient (Wildman–Crippen LogP) is 4.85. The number of nitrogens with one attached hydrogen (secondary N) is 1. The van der Waals surface area contributed by atoms with Crippen LogP contribution in [0.4, 0.5) is 0 Å². The van der Waals surface area contributed by atoms with E-state index in [1.54, 1.807) is 18.2 Å². The lowest BCUT2D eigenvalue weighted by Gasteiger charge is -2.27. The van der Waals surface area contributed by atoms with Crippen LogP contribution in [-0.2, 0) is 12.8 Å². The zero-order valence-corrected chi connectivity index (χ0v) is 20.5. The number of carbonyl (C=O) groups is 1. The van der Waals surface area contributed by atoms with E-state index in [4.69, 9.17) is 14.2 Å². The van der Waals surface area contributed by atoms with Crippen molar-refractivity contribution in [3.8, 4) is 23.0 Å². The smallest absolute Gasteiger partial charge is 0.335 e. The SMILES string of the molecule is CCCc1cc(C(=O)O)ccc1Oc1ccc2c(c1)CC[C@H](CNC[C@H](O)COc1ccccc1)O2. The van der Waals surface area contributed by atoms with Crippen LogP contribution >= 0.6 is 0 Å². The van der Waals surface area contributed by atoms with E-state index in [0.717, 1.165) is 48.3 Å². The van der Waals surface area contributed by atoms with Crippen LogP contribution in [0.5, 0.6) is 23.0 Å². The fraction of sp³-hybridized carbons (Fsp3) is 0.345. The number of ether oxygens (including phenoxy) is 3. The number of aromatic carboxylic acids is 1. The van der Waals surface area contributed by atoms with Gasteiger partial charge in [-0.25, -0.2) is 4.79 Å². The van der Waals surface area contributed by atoms with Gasteiger partial charge in [-0.15, -0.1) is 0 Å². The highest BCUT2D eigenvalue weighted by Gasteiger charge is 2.21. The molecule has 36 heavy (non-hydrogen) atoms. The van der Waals surface area contributed by atoms with Gasteiger partial charge in [-0.3, -0.25) is 0 Å². The highest BCUT2D eigenvalue weighted by molar-refractivity contribution is 5.88. The molecule has 0 saturated heterocycles. The molecule has 0 saturated carbocycles. The van der Waals surface area contributed by atoms with Crippen molar-refractivity contribution in [1.82, 2.24) is 5.32 Å². The van der Waals surface area contributed by atoms with Crippen molar-refractivity contribution in [3.05, 3.63) is 83.4 Å². The number of hydrogen-bond donors (Lipinski definition) is 3. The molecule has 0 unspecified atom stereocenters. The third-order valence-electron chi connectivity index (χ3n) is 6.05. The van der Waals surface area contributed by atoms with Crippen molar-refractivity contribution in [2.24, 2.45) is 0 Å². The number of aliphatic hydroxyl groups excluding tert-OH is 1. The Morgan fingerprint density at radius 3 is 2.72 bits per heavy atom. The highest BCUT2D eigenvalue weighted by Crippen LogP contribution is 2.34. The summed E-state index contributed by atoms with van der Waals surface area (Å²) in [5.41, 5.74) is 2.23. The summed E-state index contributed by atoms with van der Waals surface area (Å²) >= 11 is 0. The molecule has 7 heteroatoms. The first-order valence-corrected chi connectivity index (χ1v) is 12.4. The normalized spacial score (nSPS) is 15.4. The maximum atomic E-state index is 11.3. The summed E-state index contributed by atoms with van der Waals surface area (Å²) < 4.78 is 17.9. The molecule has 2 atom stereocenters. The number of para-hydroxylation sites is 1. The maximum absolute atomic E-state index is 11.3. The lowest BCUT2D eigenvalue weighted by Crippen LogP contribution is -2.39. The van der Waals surface area contributed by atoms with Crippen LogP contribution < -0.4 is 19.5 Å². The monoisotopic (exact) mass is 491 g/mol. The quantitative estimate of drug-likeness (QED) is 0.333. The van der Waals surface area contributed by atoms with Gasteiger partial charge in [0.25, 0.3) is 0 Å². The zero-order chi connectivity index (χ0) is 25.3. The van der Waals surface area contributed by atoms with Crippen molar-refractivity contribution < 1.29 is 29.2 Å². The Labute approximate surface area is 211 Å². The van der Waals surface area contributed by atoms with Crippen LogP contribution in [0.1, 0.15) is 41.3 Å². The summed E-state index contributed by atoms with van der Waals surface area (Å²) in [6.45, 7) is 3.34. The highest BCUT2D eigenvalue weighted by atomic mass is 16.5. The van der Waals surface area contributed by atoms with Crippen LogP contribution in [0, 0.1) is 0 Å². The zero-order valence-electron chi connectivity index (χ0n) is 20.5. The number of benzene rings is 3. The van der Waals surface area contributed by atoms with E-state index < -0.39 is 12.1 Å². The third-order valence-corrected chi connectivity index (χ3v) is 6.05. The van der Waals surface area contributed by atoms with Gasteiger partial charge in [0, 0.05) is 13.1 Å². The van der Waals surface area contributed by atoms with E-state index in [1.165, 1.54) is 0 Å². The number of rotatable bonds is 12. The molecule has 4 rings (SSSR count). The van der Waals surface area contributed by atoms with Crippen molar-refractivity contribution in [1.29, 1.82) is 0 Å². The lowest BCUT2D eigenvalue weighted by molar-refractivity contribution is 0.0696. The van der Waals surface area contributed by atoms with Crippen LogP contribution in [0.3, 0.4) is 0 Å². The molecule has 3 aromatic rings. The van der Waals surface area contributed by atoms with Crippen LogP contribution in [0.2, 0.25) is 0 Å². The number of aliphatic hydroxyl groups is 1. The minimum absolute atomic E-state index is 0.0197. The number of carboxylic acids is 1. The third kappa shape index (κ3) is 6.99. The van der Waals surface area contributed by atoms with E-state index in [1.807, 2.05) is 48.5 Å². The summed E-state index contributed by atoms with van der Waals surface area (Å²) in [5, 5.41) is 22.7. The summed E-state index contributed by atoms with van der Waals surface area (Å²) in [5.74, 6) is 2.02. The van der Waals surface area contributed by atoms with Crippen molar-refractivity contribution >= 4 is 5.97 Å². The Kier molecular flexibility index (Phi) is 8.81. The molecular formula is C29H33NO6. The largest absolute Gasteiger partial charge is 0.491 e. The number of fused-ring (bicyclic) bond motifs is 1. The molecule has 0 amide bonds. The summed E-state index contributed by atoms with van der Waals surface area (Å²) in [7, 11) is 0. The molecule has 0 spiro atoms. The molecule has 3 aromatic carbocycles. The lowest BCUT2D eigenvalue weighted by atomic mass is 10.0. The topological polar surface area (TPSA) is 97.3 Å². The summed E-state index contributed by atoms with van der Waals surface area (Å²) in [6.07, 6.45) is 2.76. The second-order valence-electron chi connectivity index (χ2n) is 8.96. The van der Waals surface area contributed by atoms with E-state index in [-0.39, 0.29) is 18.3 Å². The van der Waals surface area contributed by atoms with Crippen molar-refractivity contribution in [2.75, 3.05) is 19.7 Å². The van der Waals surface area contributed by atoms with Crippen molar-refractivity contribution in [3.63, 3.8) is 0 Å². The van der Waals surface area contributed by atoms with E-state index in [0.29, 0.717) is 24.6 Å². The van der Waals surface area contributed by atoms with Crippen LogP contribution in [0.25, 0.3) is 0 Å². The average Bonchev–Trinajstić information content (AvgIpc) is 2.89. The molecule has 190 valence electrons. The van der Waals surface area contributed by atoms with Gasteiger partial charge in [0.2, 0.25) is 0 Å². The van der Waals surface area contributed by atoms with Gasteiger partial charge < -0.3 is 29.7 Å². The van der Waals surface area contributed by atoms with Gasteiger partial charge in [-0.05, 0) is 78.9 Å². The van der Waals surface area contributed by atoms with Gasteiger partial charge >= 0.3 is 5.97 Å². The van der Waals surface area contributed by atoms with Crippen LogP contribution in [0.15, 0.2) is 66.7 Å². The maximum Gasteiger partial charge on any atom is 0.335 e. The molecular weight excluding hydrogens is 458 g/mol. The predicted molar refractivity (Wildman–Crippen MR) is 137 cm³/mol. The first-order chi connectivity index (χ1) is 17.5. The summed E-state index contributed by atoms with van der Waals surface area (Å²) in [6, 6.07) is 20.2. The van der Waals surface area contributed by atoms with Gasteiger partial charge in [0.1, 0.15) is 41.8 Å². The second-order valence-corrected chi connectivity index (χ2v) is 8.96. The minimum Gasteiger partial charge on any atom is -0.491 e. The van der Waals surface area contributed by atoms with Gasteiger partial charge in [0.15, 0.2) is 0 Å². The Hall–Kier alpha value is -3.55. The van der Waals surface area contributed by atoms with Gasteiger partial charge in [0.05, 0.1) is 5.56 Å². The molecule has 0 bridgehead atoms. The van der Waals surface area contributed by atoms with Gasteiger partial charge in [-0.1, -0.05) is 31.5 Å². The first-order valence-electron chi connectivity index (χ1n) is 12.4. The van der Waals surface area contributed by atoms with Crippen molar-refractivity contribution in [2.45, 2.75) is 44.8 Å². The molecule has 0 fully saturated rings. The number of aryl methyl sites for hydroxylation is 2. The van der Waals surface area contributed by atoms with E-state index in [9.17, 15) is 15.0 Å². The molecule has 0 aromatic heterocycles. The Bertz CT molecular complexity index is 1150. The molecule has 3 N–H and O–H groups in total. The fourth-order valence-corrected chi connectivity index (χ4v) is 4.21. The van der Waals surface area contributed by atoms with Gasteiger partial charge in [-0.2, -0.15) is 0 Å². The van der Waals surface area contributed by atoms with E-state index >= 15 is 0 Å². The molecule has 7 nitrogen and oxygen atoms in total. The summed E-state index contributed by atoms with van der Waals surface area (Å²) in [4.78, 5) is 11.3. The molecule has 1 aliphatic heterocycles. The fourth-order valence-electron chi connectivity index (χ4n) is 4.21. The standard InChI is InChI=1S/C29H33NO6/c1-2-6-20-15-22(29(32)33)10-13-27(20)35-25-12-14-28-21(16-25)9-11-26(36-28)18-30-17-23(31)19-34-24-7-4-3-5-8-24/h3-5,7-8,10,12-16,23,26,30-31H,2,6,9,11,17-19H2,1H3,(H,32,33)/t23-,26+/m0/s1. The Balaban J connectivity index is 1.27. The Morgan fingerprint density at radius 2 is 1.94 bits per heavy atom. The first kappa shape index (κ1) is 25.5. The van der Waals surface area contributed by atoms with E-state index in [2.05, 4.69) is 12.2 Å². The molecule has 1 heterocycles. The number of hydrogen-bond acceptors (Lipinski definition) is 6. The second kappa shape index (κ2) is 12.4. The van der Waals surface area contributed by atoms with Crippen LogP contribution in [-0.4, -0.2) is 48.1 Å². The molecule has 1 aliphatic rings. The molecule has 0 aliphatic carbocycles. The minimum atomic E-state index is -0.941. The number of carboxylic acid groups (broad SMARTS) is 1. The average molecular weight is 492 g/mol. The molecule has 0 radical (unpaired) electrons.